The van der Waals surface area contributed by atoms with Gasteiger partial charge in [0.2, 0.25) is 0 Å². The maximum absolute atomic E-state index is 11.1. The number of carboxylic acids is 1. The van der Waals surface area contributed by atoms with Gasteiger partial charge in [-0.15, -0.1) is 0 Å². The Labute approximate surface area is 114 Å². The summed E-state index contributed by atoms with van der Waals surface area (Å²) >= 11 is 0. The minimum absolute atomic E-state index is 0.283. The molecule has 4 nitrogen and oxygen atoms in total. The van der Waals surface area contributed by atoms with Crippen molar-refractivity contribution in [1.29, 1.82) is 0 Å². The highest BCUT2D eigenvalue weighted by Gasteiger charge is 2.27. The van der Waals surface area contributed by atoms with E-state index in [4.69, 9.17) is 9.84 Å². The fourth-order valence-electron chi connectivity index (χ4n) is 2.68. The maximum Gasteiger partial charge on any atom is 0.320 e. The van der Waals surface area contributed by atoms with E-state index in [1.807, 2.05) is 18.0 Å². The van der Waals surface area contributed by atoms with Crippen LogP contribution < -0.4 is 4.74 Å². The molecule has 0 aromatic heterocycles. The first-order valence-electron chi connectivity index (χ1n) is 6.63. The molecule has 19 heavy (non-hydrogen) atoms. The van der Waals surface area contributed by atoms with Gasteiger partial charge in [0, 0.05) is 6.04 Å². The van der Waals surface area contributed by atoms with Crippen molar-refractivity contribution in [3.05, 3.63) is 29.3 Å². The average Bonchev–Trinajstić information content (AvgIpc) is 2.44. The lowest BCUT2D eigenvalue weighted by Crippen LogP contribution is -2.45. The molecule has 1 aromatic rings. The van der Waals surface area contributed by atoms with Crippen molar-refractivity contribution < 1.29 is 14.6 Å². The third kappa shape index (κ3) is 2.89. The molecule has 0 saturated carbocycles. The molecule has 0 amide bonds. The Morgan fingerprint density at radius 1 is 1.47 bits per heavy atom. The maximum atomic E-state index is 11.1. The summed E-state index contributed by atoms with van der Waals surface area (Å²) in [5.41, 5.74) is 2.63. The number of hydrogen-bond donors (Lipinski definition) is 1. The number of carboxylic acid groups (broad SMARTS) is 1. The lowest BCUT2D eigenvalue weighted by molar-refractivity contribution is -0.143. The summed E-state index contributed by atoms with van der Waals surface area (Å²) in [6, 6.07) is 6.01. The minimum atomic E-state index is -0.765. The zero-order valence-corrected chi connectivity index (χ0v) is 11.7. The molecule has 1 aliphatic rings. The van der Waals surface area contributed by atoms with Crippen LogP contribution in [0.3, 0.4) is 0 Å². The van der Waals surface area contributed by atoms with Gasteiger partial charge in [0.15, 0.2) is 0 Å². The predicted molar refractivity (Wildman–Crippen MR) is 73.7 cm³/mol. The second kappa shape index (κ2) is 5.61. The first-order chi connectivity index (χ1) is 9.02. The summed E-state index contributed by atoms with van der Waals surface area (Å²) in [5, 5.41) is 9.10. The molecule has 0 aliphatic heterocycles. The number of nitrogens with zero attached hydrogens (tertiary/aromatic N) is 1. The van der Waals surface area contributed by atoms with Gasteiger partial charge in [-0.3, -0.25) is 9.69 Å². The number of ether oxygens (including phenoxy) is 1. The molecule has 0 radical (unpaired) electrons. The molecular weight excluding hydrogens is 242 g/mol. The fourth-order valence-corrected chi connectivity index (χ4v) is 2.68. The predicted octanol–water partition coefficient (Wildman–Crippen LogP) is 1.96. The number of benzene rings is 1. The van der Waals surface area contributed by atoms with Gasteiger partial charge in [0.1, 0.15) is 11.8 Å². The van der Waals surface area contributed by atoms with E-state index >= 15 is 0 Å². The summed E-state index contributed by atoms with van der Waals surface area (Å²) < 4.78 is 5.25. The molecule has 1 aliphatic carbocycles. The third-order valence-electron chi connectivity index (χ3n) is 4.16. The van der Waals surface area contributed by atoms with Gasteiger partial charge in [0.05, 0.1) is 7.11 Å². The zero-order chi connectivity index (χ0) is 14.0. The van der Waals surface area contributed by atoms with Gasteiger partial charge in [-0.25, -0.2) is 0 Å². The number of hydrogen-bond acceptors (Lipinski definition) is 3. The minimum Gasteiger partial charge on any atom is -0.497 e. The van der Waals surface area contributed by atoms with Crippen LogP contribution in [0.2, 0.25) is 0 Å². The van der Waals surface area contributed by atoms with Crippen molar-refractivity contribution in [3.63, 3.8) is 0 Å². The van der Waals surface area contributed by atoms with Crippen LogP contribution in [-0.4, -0.2) is 42.2 Å². The zero-order valence-electron chi connectivity index (χ0n) is 11.7. The molecule has 1 aromatic carbocycles. The number of aryl methyl sites for hydroxylation is 1. The van der Waals surface area contributed by atoms with Crippen molar-refractivity contribution in [2.75, 3.05) is 14.2 Å². The molecule has 2 atom stereocenters. The fraction of sp³-hybridized carbons (Fsp3) is 0.533. The van der Waals surface area contributed by atoms with Crippen molar-refractivity contribution in [2.45, 2.75) is 38.3 Å². The Kier molecular flexibility index (Phi) is 4.10. The Bertz CT molecular complexity index is 472. The van der Waals surface area contributed by atoms with Gasteiger partial charge in [-0.2, -0.15) is 0 Å². The van der Waals surface area contributed by atoms with Crippen LogP contribution in [0, 0.1) is 0 Å². The van der Waals surface area contributed by atoms with E-state index in [-0.39, 0.29) is 6.04 Å². The monoisotopic (exact) mass is 263 g/mol. The van der Waals surface area contributed by atoms with Crippen LogP contribution in [0.1, 0.15) is 24.5 Å². The molecule has 0 bridgehead atoms. The van der Waals surface area contributed by atoms with Gasteiger partial charge in [-0.1, -0.05) is 6.07 Å². The van der Waals surface area contributed by atoms with Crippen molar-refractivity contribution >= 4 is 5.97 Å². The summed E-state index contributed by atoms with van der Waals surface area (Å²) in [5.74, 6) is 0.104. The van der Waals surface area contributed by atoms with Crippen molar-refractivity contribution in [1.82, 2.24) is 4.90 Å². The molecule has 0 fully saturated rings. The molecule has 0 heterocycles. The molecule has 2 rings (SSSR count). The van der Waals surface area contributed by atoms with Crippen LogP contribution in [0.4, 0.5) is 0 Å². The topological polar surface area (TPSA) is 49.8 Å². The quantitative estimate of drug-likeness (QED) is 0.902. The SMILES string of the molecule is COc1ccc2c(c1)CC(N(C)C(C)C(=O)O)CC2. The van der Waals surface area contributed by atoms with Gasteiger partial charge >= 0.3 is 5.97 Å². The van der Waals surface area contributed by atoms with Gasteiger partial charge in [0.25, 0.3) is 0 Å². The lowest BCUT2D eigenvalue weighted by Gasteiger charge is -2.34. The molecule has 0 saturated heterocycles. The number of carbonyl (C=O) groups is 1. The smallest absolute Gasteiger partial charge is 0.320 e. The standard InChI is InChI=1S/C15H21NO3/c1-10(15(17)18)16(2)13-6-4-11-5-7-14(19-3)9-12(11)8-13/h5,7,9-10,13H,4,6,8H2,1-3H3,(H,17,18). The van der Waals surface area contributed by atoms with E-state index in [0.717, 1.165) is 25.0 Å². The van der Waals surface area contributed by atoms with E-state index in [0.29, 0.717) is 0 Å². The number of rotatable bonds is 4. The van der Waals surface area contributed by atoms with Crippen LogP contribution >= 0.6 is 0 Å². The molecular formula is C15H21NO3. The molecule has 1 N–H and O–H groups in total. The first-order valence-corrected chi connectivity index (χ1v) is 6.63. The van der Waals surface area contributed by atoms with E-state index in [9.17, 15) is 4.79 Å². The number of methoxy groups -OCH3 is 1. The number of likely N-dealkylation sites (N-methyl/N-ethyl adjacent to an activating group) is 1. The lowest BCUT2D eigenvalue weighted by atomic mass is 9.87. The van der Waals surface area contributed by atoms with Crippen LogP contribution in [0.15, 0.2) is 18.2 Å². The highest BCUT2D eigenvalue weighted by atomic mass is 16.5. The normalized spacial score (nSPS) is 19.9. The summed E-state index contributed by atoms with van der Waals surface area (Å²) in [7, 11) is 3.56. The molecule has 4 heteroatoms. The van der Waals surface area contributed by atoms with E-state index in [1.54, 1.807) is 14.0 Å². The first kappa shape index (κ1) is 13.9. The highest BCUT2D eigenvalue weighted by Crippen LogP contribution is 2.28. The Morgan fingerprint density at radius 2 is 2.21 bits per heavy atom. The third-order valence-corrected chi connectivity index (χ3v) is 4.16. The van der Waals surface area contributed by atoms with Gasteiger partial charge < -0.3 is 9.84 Å². The van der Waals surface area contributed by atoms with Gasteiger partial charge in [-0.05, 0) is 56.5 Å². The largest absolute Gasteiger partial charge is 0.497 e. The molecule has 104 valence electrons. The van der Waals surface area contributed by atoms with E-state index in [1.165, 1.54) is 11.1 Å². The molecule has 2 unspecified atom stereocenters. The summed E-state index contributed by atoms with van der Waals surface area (Å²) in [6.45, 7) is 1.74. The second-order valence-corrected chi connectivity index (χ2v) is 5.21. The number of fused-ring (bicyclic) bond motifs is 1. The molecule has 0 spiro atoms. The average molecular weight is 263 g/mol. The summed E-state index contributed by atoms with van der Waals surface area (Å²) in [6.07, 6.45) is 2.90. The van der Waals surface area contributed by atoms with Crippen molar-refractivity contribution in [2.24, 2.45) is 0 Å². The van der Waals surface area contributed by atoms with Crippen LogP contribution in [0.25, 0.3) is 0 Å². The Morgan fingerprint density at radius 3 is 2.84 bits per heavy atom. The Hall–Kier alpha value is -1.55. The Balaban J connectivity index is 2.14. The van der Waals surface area contributed by atoms with Crippen LogP contribution in [0.5, 0.6) is 5.75 Å². The highest BCUT2D eigenvalue weighted by molar-refractivity contribution is 5.72. The summed E-state index contributed by atoms with van der Waals surface area (Å²) in [4.78, 5) is 13.0. The van der Waals surface area contributed by atoms with E-state index in [2.05, 4.69) is 12.1 Å². The number of aliphatic carboxylic acids is 1. The van der Waals surface area contributed by atoms with E-state index < -0.39 is 12.0 Å². The van der Waals surface area contributed by atoms with Crippen molar-refractivity contribution in [3.8, 4) is 5.75 Å². The van der Waals surface area contributed by atoms with Crippen LogP contribution in [-0.2, 0) is 17.6 Å². The second-order valence-electron chi connectivity index (χ2n) is 5.21.